The van der Waals surface area contributed by atoms with E-state index in [-0.39, 0.29) is 26.1 Å². The van der Waals surface area contributed by atoms with Crippen LogP contribution >= 0.6 is 7.82 Å². The fourth-order valence-corrected chi connectivity index (χ4v) is 10.9. The summed E-state index contributed by atoms with van der Waals surface area (Å²) in [5, 5.41) is 0. The first-order chi connectivity index (χ1) is 47.0. The number of esters is 2. The quantitative estimate of drug-likeness (QED) is 0.0195. The Kier molecular flexibility index (Phi) is 70.5. The zero-order valence-corrected chi connectivity index (χ0v) is 62.9. The van der Waals surface area contributed by atoms with E-state index in [1.165, 1.54) is 122 Å². The Balaban J connectivity index is 4.08. The number of carbonyl (C=O) groups is 2. The van der Waals surface area contributed by atoms with Crippen LogP contribution in [-0.2, 0) is 32.7 Å². The number of phosphoric ester groups is 1. The minimum Gasteiger partial charge on any atom is -0.756 e. The van der Waals surface area contributed by atoms with Gasteiger partial charge in [-0.2, -0.15) is 0 Å². The molecule has 0 aliphatic heterocycles. The number of likely N-dealkylation sites (N-methyl/N-ethyl adjacent to an activating group) is 1. The van der Waals surface area contributed by atoms with Crippen LogP contribution in [0, 0.1) is 0 Å². The van der Waals surface area contributed by atoms with Gasteiger partial charge in [-0.1, -0.05) is 331 Å². The van der Waals surface area contributed by atoms with Crippen molar-refractivity contribution in [3.8, 4) is 0 Å². The van der Waals surface area contributed by atoms with Crippen LogP contribution in [0.15, 0.2) is 182 Å². The number of hydrogen-bond acceptors (Lipinski definition) is 8. The van der Waals surface area contributed by atoms with E-state index >= 15 is 0 Å². The zero-order valence-electron chi connectivity index (χ0n) is 62.0. The van der Waals surface area contributed by atoms with Crippen LogP contribution in [-0.4, -0.2) is 70.0 Å². The standard InChI is InChI=1S/C86H142NO8P/c1-6-8-10-12-14-16-18-20-22-24-26-28-30-32-34-36-38-40-42-43-45-46-48-50-52-54-56-58-60-62-64-66-68-70-72-74-76-78-85(88)92-82-84(83-94-96(90,91)93-81-80-87(3,4)5)95-86(89)79-77-75-73-71-69-67-65-63-61-59-57-55-53-51-49-47-44-41-39-37-35-33-31-29-27-25-23-21-19-17-15-13-11-9-7-2/h8-11,14-17,20-23,26-29,32-35,39,41,47,49,53,55,59,61,65,67,84H,6-7,12-13,18-19,24-25,30-31,36-38,40,42-46,48,50-52,54,56-58,60,62-64,66,68-83H2,1-5H3/b10-8-,11-9-,16-14-,17-15-,22-20-,23-21-,28-26-,29-27-,34-32-,35-33-,41-39-,49-47-,55-53-,61-59-,67-65-. The molecule has 0 aromatic carbocycles. The molecule has 0 aromatic heterocycles. The molecule has 0 fully saturated rings. The van der Waals surface area contributed by atoms with Crippen molar-refractivity contribution in [2.24, 2.45) is 0 Å². The average molecular weight is 1350 g/mol. The van der Waals surface area contributed by atoms with Crippen molar-refractivity contribution in [3.63, 3.8) is 0 Å². The lowest BCUT2D eigenvalue weighted by Gasteiger charge is -2.28. The molecule has 544 valence electrons. The second kappa shape index (κ2) is 74.3. The second-order valence-corrected chi connectivity index (χ2v) is 27.7. The lowest BCUT2D eigenvalue weighted by atomic mass is 10.0. The number of carbonyl (C=O) groups excluding carboxylic acids is 2. The highest BCUT2D eigenvalue weighted by Crippen LogP contribution is 2.38. The number of allylic oxidation sites excluding steroid dienone is 30. The molecule has 0 heterocycles. The Labute approximate surface area is 591 Å². The molecule has 0 rings (SSSR count). The van der Waals surface area contributed by atoms with E-state index in [0.29, 0.717) is 17.4 Å². The molecular weight excluding hydrogens is 1210 g/mol. The van der Waals surface area contributed by atoms with E-state index in [9.17, 15) is 19.0 Å². The van der Waals surface area contributed by atoms with Crippen molar-refractivity contribution in [1.82, 2.24) is 0 Å². The third-order valence-electron chi connectivity index (χ3n) is 15.9. The summed E-state index contributed by atoms with van der Waals surface area (Å²) in [5.74, 6) is -0.866. The van der Waals surface area contributed by atoms with Crippen molar-refractivity contribution < 1.29 is 42.1 Å². The van der Waals surface area contributed by atoms with Gasteiger partial charge in [0, 0.05) is 12.8 Å². The molecule has 2 unspecified atom stereocenters. The number of unbranched alkanes of at least 4 members (excludes halogenated alkanes) is 25. The van der Waals surface area contributed by atoms with Gasteiger partial charge in [-0.15, -0.1) is 0 Å². The minimum absolute atomic E-state index is 0.0440. The maximum Gasteiger partial charge on any atom is 0.306 e. The van der Waals surface area contributed by atoms with Gasteiger partial charge in [0.1, 0.15) is 19.8 Å². The molecule has 0 aromatic rings. The van der Waals surface area contributed by atoms with E-state index in [4.69, 9.17) is 18.5 Å². The molecule has 10 heteroatoms. The number of nitrogens with zero attached hydrogens (tertiary/aromatic N) is 1. The highest BCUT2D eigenvalue weighted by molar-refractivity contribution is 7.45. The first-order valence-corrected chi connectivity index (χ1v) is 40.0. The van der Waals surface area contributed by atoms with Crippen LogP contribution in [0.3, 0.4) is 0 Å². The summed E-state index contributed by atoms with van der Waals surface area (Å²) in [5.41, 5.74) is 0. The fraction of sp³-hybridized carbons (Fsp3) is 0.628. The summed E-state index contributed by atoms with van der Waals surface area (Å²) in [4.78, 5) is 38.1. The molecule has 0 aliphatic carbocycles. The van der Waals surface area contributed by atoms with Gasteiger partial charge in [-0.3, -0.25) is 14.2 Å². The smallest absolute Gasteiger partial charge is 0.306 e. The van der Waals surface area contributed by atoms with Gasteiger partial charge in [0.05, 0.1) is 27.7 Å². The highest BCUT2D eigenvalue weighted by Gasteiger charge is 2.22. The molecule has 0 spiro atoms. The average Bonchev–Trinajstić information content (AvgIpc) is 2.74. The number of quaternary nitrogens is 1. The minimum atomic E-state index is -4.66. The summed E-state index contributed by atoms with van der Waals surface area (Å²) >= 11 is 0. The SMILES string of the molecule is CC/C=C\C/C=C\C/C=C\C/C=C\C/C=C\C/C=C\C/C=C\C/C=C\C/C=C\C/C=C\CCCCCCC(=O)OC(COC(=O)CCCCCCCCCCCCCCCCCCCCCCC/C=C\C/C=C\C/C=C\C/C=C\C/C=C\CC)COP(=O)([O-])OCC[N+](C)(C)C. The Bertz CT molecular complexity index is 2280. The largest absolute Gasteiger partial charge is 0.756 e. The van der Waals surface area contributed by atoms with Crippen molar-refractivity contribution in [2.75, 3.05) is 47.5 Å². The topological polar surface area (TPSA) is 111 Å². The van der Waals surface area contributed by atoms with E-state index in [1.807, 2.05) is 21.1 Å². The summed E-state index contributed by atoms with van der Waals surface area (Å²) in [7, 11) is 1.13. The van der Waals surface area contributed by atoms with Gasteiger partial charge >= 0.3 is 11.9 Å². The molecule has 0 saturated carbocycles. The first-order valence-electron chi connectivity index (χ1n) is 38.5. The van der Waals surface area contributed by atoms with Crippen molar-refractivity contribution in [3.05, 3.63) is 182 Å². The molecular formula is C86H142NO8P. The molecule has 96 heavy (non-hydrogen) atoms. The van der Waals surface area contributed by atoms with Gasteiger partial charge in [0.15, 0.2) is 6.10 Å². The van der Waals surface area contributed by atoms with Gasteiger partial charge in [0.25, 0.3) is 7.82 Å². The molecule has 9 nitrogen and oxygen atoms in total. The highest BCUT2D eigenvalue weighted by atomic mass is 31.2. The molecule has 0 amide bonds. The van der Waals surface area contributed by atoms with Crippen LogP contribution in [0.25, 0.3) is 0 Å². The summed E-state index contributed by atoms with van der Waals surface area (Å²) in [6.45, 7) is 3.98. The molecule has 0 saturated heterocycles. The maximum atomic E-state index is 12.9. The number of phosphoric acid groups is 1. The van der Waals surface area contributed by atoms with Crippen LogP contribution in [0.2, 0.25) is 0 Å². The Hall–Kier alpha value is -4.89. The molecule has 0 bridgehead atoms. The summed E-state index contributed by atoms with van der Waals surface area (Å²) in [6.07, 6.45) is 114. The normalized spacial score (nSPS) is 14.1. The van der Waals surface area contributed by atoms with E-state index in [1.54, 1.807) is 0 Å². The molecule has 2 atom stereocenters. The Morgan fingerprint density at radius 3 is 0.833 bits per heavy atom. The lowest BCUT2D eigenvalue weighted by molar-refractivity contribution is -0.870. The van der Waals surface area contributed by atoms with E-state index < -0.39 is 32.5 Å². The van der Waals surface area contributed by atoms with Crippen molar-refractivity contribution in [1.29, 1.82) is 0 Å². The van der Waals surface area contributed by atoms with Gasteiger partial charge < -0.3 is 27.9 Å². The molecule has 0 N–H and O–H groups in total. The van der Waals surface area contributed by atoms with E-state index in [2.05, 4.69) is 196 Å². The predicted octanol–water partition coefficient (Wildman–Crippen LogP) is 25.2. The van der Waals surface area contributed by atoms with Crippen LogP contribution in [0.5, 0.6) is 0 Å². The van der Waals surface area contributed by atoms with Crippen LogP contribution < -0.4 is 4.89 Å². The van der Waals surface area contributed by atoms with Gasteiger partial charge in [-0.25, -0.2) is 0 Å². The third-order valence-corrected chi connectivity index (χ3v) is 16.9. The monoisotopic (exact) mass is 1350 g/mol. The maximum absolute atomic E-state index is 12.9. The van der Waals surface area contributed by atoms with Crippen LogP contribution in [0.4, 0.5) is 0 Å². The third kappa shape index (κ3) is 78.1. The number of ether oxygens (including phenoxy) is 2. The summed E-state index contributed by atoms with van der Waals surface area (Å²) in [6, 6.07) is 0. The van der Waals surface area contributed by atoms with E-state index in [0.717, 1.165) is 141 Å². The second-order valence-electron chi connectivity index (χ2n) is 26.3. The lowest BCUT2D eigenvalue weighted by Crippen LogP contribution is -2.37. The Morgan fingerprint density at radius 1 is 0.323 bits per heavy atom. The molecule has 0 aliphatic rings. The summed E-state index contributed by atoms with van der Waals surface area (Å²) < 4.78 is 34.3. The van der Waals surface area contributed by atoms with Crippen LogP contribution in [0.1, 0.15) is 296 Å². The predicted molar refractivity (Wildman–Crippen MR) is 415 cm³/mol. The molecule has 0 radical (unpaired) electrons. The van der Waals surface area contributed by atoms with Crippen molar-refractivity contribution >= 4 is 19.8 Å². The zero-order chi connectivity index (χ0) is 69.7. The first kappa shape index (κ1) is 91.1. The number of rotatable bonds is 69. The number of hydrogen-bond donors (Lipinski definition) is 0. The fourth-order valence-electron chi connectivity index (χ4n) is 10.1. The van der Waals surface area contributed by atoms with Gasteiger partial charge in [-0.05, 0) is 135 Å². The van der Waals surface area contributed by atoms with Crippen molar-refractivity contribution in [2.45, 2.75) is 302 Å². The Morgan fingerprint density at radius 2 is 0.562 bits per heavy atom. The van der Waals surface area contributed by atoms with Gasteiger partial charge in [0.2, 0.25) is 0 Å².